The third-order valence-corrected chi connectivity index (χ3v) is 7.49. The van der Waals surface area contributed by atoms with E-state index in [0.29, 0.717) is 12.3 Å². The zero-order valence-electron chi connectivity index (χ0n) is 19.5. The summed E-state index contributed by atoms with van der Waals surface area (Å²) in [6.07, 6.45) is 3.90. The second kappa shape index (κ2) is 9.76. The number of H-pyrrole nitrogens is 1. The summed E-state index contributed by atoms with van der Waals surface area (Å²) in [5, 5.41) is 4.69. The van der Waals surface area contributed by atoms with Gasteiger partial charge in [0.05, 0.1) is 18.5 Å². The van der Waals surface area contributed by atoms with Gasteiger partial charge in [-0.25, -0.2) is 0 Å². The molecule has 0 aliphatic heterocycles. The minimum absolute atomic E-state index is 0.0286. The third-order valence-electron chi connectivity index (χ3n) is 5.78. The number of hydrogen-bond donors (Lipinski definition) is 2. The van der Waals surface area contributed by atoms with Crippen molar-refractivity contribution in [2.75, 3.05) is 13.2 Å². The molecule has 0 saturated heterocycles. The van der Waals surface area contributed by atoms with E-state index < -0.39 is 8.07 Å². The molecule has 0 bridgehead atoms. The van der Waals surface area contributed by atoms with Crippen LogP contribution in [0.1, 0.15) is 15.9 Å². The number of hydrogen-bond acceptors (Lipinski definition) is 3. The highest BCUT2D eigenvalue weighted by atomic mass is 28.3. The predicted octanol–water partition coefficient (Wildman–Crippen LogP) is 4.98. The molecule has 0 saturated carbocycles. The number of carbonyl (C=O) groups is 2. The van der Waals surface area contributed by atoms with Gasteiger partial charge in [0.1, 0.15) is 6.73 Å². The minimum Gasteiger partial charge on any atom is -0.361 e. The summed E-state index contributed by atoms with van der Waals surface area (Å²) in [6.45, 7) is 8.18. The highest BCUT2D eigenvalue weighted by Gasteiger charge is 2.16. The van der Waals surface area contributed by atoms with Crippen molar-refractivity contribution in [3.05, 3.63) is 72.1 Å². The molecule has 0 radical (unpaired) electrons. The first-order valence-corrected chi connectivity index (χ1v) is 15.0. The van der Waals surface area contributed by atoms with Crippen LogP contribution in [-0.4, -0.2) is 42.5 Å². The van der Waals surface area contributed by atoms with Crippen LogP contribution in [-0.2, 0) is 22.7 Å². The van der Waals surface area contributed by atoms with Crippen molar-refractivity contribution in [3.63, 3.8) is 0 Å². The van der Waals surface area contributed by atoms with Crippen molar-refractivity contribution in [1.82, 2.24) is 14.9 Å². The molecule has 2 aromatic heterocycles. The standard InChI is InChI=1S/C26H31N3O3Si/c1-33(2,3)13-12-32-18-29-17-19(20-8-5-7-11-24(20)29)14-26(31)28-16-25(30)22-15-27-23-10-6-4-9-21(22)23/h4-11,15,17,27H,12-14,16,18H2,1-3H3,(H,28,31). The van der Waals surface area contributed by atoms with Gasteiger partial charge in [-0.2, -0.15) is 0 Å². The Morgan fingerprint density at radius 2 is 1.76 bits per heavy atom. The molecule has 33 heavy (non-hydrogen) atoms. The molecule has 172 valence electrons. The van der Waals surface area contributed by atoms with Crippen LogP contribution in [0.5, 0.6) is 0 Å². The molecule has 4 rings (SSSR count). The average Bonchev–Trinajstić information content (AvgIpc) is 3.37. The maximum Gasteiger partial charge on any atom is 0.224 e. The number of aromatic amines is 1. The van der Waals surface area contributed by atoms with Gasteiger partial charge in [-0.15, -0.1) is 0 Å². The number of fused-ring (bicyclic) bond motifs is 2. The monoisotopic (exact) mass is 461 g/mol. The number of ether oxygens (including phenoxy) is 1. The topological polar surface area (TPSA) is 76.1 Å². The Bertz CT molecular complexity index is 1280. The summed E-state index contributed by atoms with van der Waals surface area (Å²) in [6, 6.07) is 16.8. The Balaban J connectivity index is 1.39. The SMILES string of the molecule is C[Si](C)(C)CCOCn1cc(CC(=O)NCC(=O)c2c[nH]c3ccccc23)c2ccccc21. The van der Waals surface area contributed by atoms with Crippen molar-refractivity contribution >= 4 is 41.6 Å². The largest absolute Gasteiger partial charge is 0.361 e. The average molecular weight is 462 g/mol. The Kier molecular flexibility index (Phi) is 6.81. The van der Waals surface area contributed by atoms with Crippen LogP contribution >= 0.6 is 0 Å². The number of para-hydroxylation sites is 2. The van der Waals surface area contributed by atoms with Crippen molar-refractivity contribution < 1.29 is 14.3 Å². The van der Waals surface area contributed by atoms with Gasteiger partial charge in [0, 0.05) is 48.9 Å². The quantitative estimate of drug-likeness (QED) is 0.199. The fourth-order valence-electron chi connectivity index (χ4n) is 3.92. The fourth-order valence-corrected chi connectivity index (χ4v) is 4.68. The number of benzene rings is 2. The number of nitrogens with one attached hydrogen (secondary N) is 2. The summed E-state index contributed by atoms with van der Waals surface area (Å²) >= 11 is 0. The number of aromatic nitrogens is 2. The van der Waals surface area contributed by atoms with Crippen LogP contribution < -0.4 is 5.32 Å². The number of nitrogens with zero attached hydrogens (tertiary/aromatic N) is 1. The van der Waals surface area contributed by atoms with E-state index in [-0.39, 0.29) is 24.7 Å². The second-order valence-electron chi connectivity index (χ2n) is 9.61. The van der Waals surface area contributed by atoms with Crippen LogP contribution in [0, 0.1) is 0 Å². The minimum atomic E-state index is -1.14. The van der Waals surface area contributed by atoms with Crippen LogP contribution in [0.25, 0.3) is 21.8 Å². The van der Waals surface area contributed by atoms with E-state index in [1.807, 2.05) is 54.7 Å². The molecule has 2 N–H and O–H groups in total. The van der Waals surface area contributed by atoms with Gasteiger partial charge in [0.2, 0.25) is 5.91 Å². The van der Waals surface area contributed by atoms with Crippen LogP contribution in [0.3, 0.4) is 0 Å². The summed E-state index contributed by atoms with van der Waals surface area (Å²) < 4.78 is 7.98. The lowest BCUT2D eigenvalue weighted by Gasteiger charge is -2.15. The molecule has 0 aliphatic carbocycles. The maximum absolute atomic E-state index is 12.7. The molecule has 0 fully saturated rings. The van der Waals surface area contributed by atoms with Gasteiger partial charge in [-0.3, -0.25) is 9.59 Å². The van der Waals surface area contributed by atoms with Gasteiger partial charge in [0.25, 0.3) is 0 Å². The van der Waals surface area contributed by atoms with E-state index in [0.717, 1.165) is 40.0 Å². The summed E-state index contributed by atoms with van der Waals surface area (Å²) in [7, 11) is -1.14. The zero-order chi connectivity index (χ0) is 23.4. The molecule has 6 nitrogen and oxygen atoms in total. The normalized spacial score (nSPS) is 11.8. The number of amides is 1. The molecule has 1 amide bonds. The molecular weight excluding hydrogens is 430 g/mol. The van der Waals surface area contributed by atoms with Crippen molar-refractivity contribution in [2.24, 2.45) is 0 Å². The van der Waals surface area contributed by atoms with E-state index in [2.05, 4.69) is 34.5 Å². The van der Waals surface area contributed by atoms with Crippen LogP contribution in [0.2, 0.25) is 25.7 Å². The fraction of sp³-hybridized carbons (Fsp3) is 0.308. The van der Waals surface area contributed by atoms with Gasteiger partial charge in [0.15, 0.2) is 5.78 Å². The Labute approximate surface area is 194 Å². The molecule has 2 heterocycles. The lowest BCUT2D eigenvalue weighted by molar-refractivity contribution is -0.120. The molecule has 7 heteroatoms. The predicted molar refractivity (Wildman–Crippen MR) is 135 cm³/mol. The number of rotatable bonds is 10. The first kappa shape index (κ1) is 23.0. The van der Waals surface area contributed by atoms with Gasteiger partial charge < -0.3 is 19.6 Å². The lowest BCUT2D eigenvalue weighted by atomic mass is 10.1. The van der Waals surface area contributed by atoms with Crippen molar-refractivity contribution in [3.8, 4) is 0 Å². The van der Waals surface area contributed by atoms with E-state index in [4.69, 9.17) is 4.74 Å². The van der Waals surface area contributed by atoms with E-state index >= 15 is 0 Å². The Morgan fingerprint density at radius 1 is 1.03 bits per heavy atom. The number of ketones is 1. The lowest BCUT2D eigenvalue weighted by Crippen LogP contribution is -2.30. The van der Waals surface area contributed by atoms with E-state index in [9.17, 15) is 9.59 Å². The Morgan fingerprint density at radius 3 is 2.55 bits per heavy atom. The molecule has 0 spiro atoms. The van der Waals surface area contributed by atoms with Gasteiger partial charge in [-0.05, 0) is 23.7 Å². The number of carbonyl (C=O) groups excluding carboxylic acids is 2. The summed E-state index contributed by atoms with van der Waals surface area (Å²) in [5.74, 6) is -0.287. The summed E-state index contributed by atoms with van der Waals surface area (Å²) in [5.41, 5.74) is 3.48. The zero-order valence-corrected chi connectivity index (χ0v) is 20.5. The summed E-state index contributed by atoms with van der Waals surface area (Å²) in [4.78, 5) is 28.4. The number of Topliss-reactive ketones (excluding diaryl/α,β-unsaturated/α-hetero) is 1. The highest BCUT2D eigenvalue weighted by Crippen LogP contribution is 2.22. The molecule has 0 atom stereocenters. The Hall–Kier alpha value is -3.16. The van der Waals surface area contributed by atoms with Crippen molar-refractivity contribution in [1.29, 1.82) is 0 Å². The molecule has 0 unspecified atom stereocenters. The third kappa shape index (κ3) is 5.61. The molecular formula is C26H31N3O3Si. The molecule has 2 aromatic carbocycles. The maximum atomic E-state index is 12.7. The smallest absolute Gasteiger partial charge is 0.224 e. The second-order valence-corrected chi connectivity index (χ2v) is 15.2. The van der Waals surface area contributed by atoms with Crippen LogP contribution in [0.4, 0.5) is 0 Å². The van der Waals surface area contributed by atoms with Crippen molar-refractivity contribution in [2.45, 2.75) is 38.8 Å². The molecule has 0 aliphatic rings. The molecule has 4 aromatic rings. The highest BCUT2D eigenvalue weighted by molar-refractivity contribution is 6.76. The first-order chi connectivity index (χ1) is 15.8. The van der Waals surface area contributed by atoms with E-state index in [1.54, 1.807) is 6.20 Å². The first-order valence-electron chi connectivity index (χ1n) is 11.3. The van der Waals surface area contributed by atoms with E-state index in [1.165, 1.54) is 0 Å². The van der Waals surface area contributed by atoms with Gasteiger partial charge >= 0.3 is 0 Å². The van der Waals surface area contributed by atoms with Crippen LogP contribution in [0.15, 0.2) is 60.9 Å². The van der Waals surface area contributed by atoms with Gasteiger partial charge in [-0.1, -0.05) is 56.0 Å².